The molecule has 6 heteroatoms. The molecule has 1 aliphatic rings. The van der Waals surface area contributed by atoms with E-state index in [-0.39, 0.29) is 12.5 Å². The lowest BCUT2D eigenvalue weighted by molar-refractivity contribution is -0.148. The summed E-state index contributed by atoms with van der Waals surface area (Å²) in [5.41, 5.74) is 1.14. The minimum Gasteiger partial charge on any atom is -0.457 e. The summed E-state index contributed by atoms with van der Waals surface area (Å²) in [6, 6.07) is 1.88. The van der Waals surface area contributed by atoms with E-state index in [4.69, 9.17) is 4.74 Å². The van der Waals surface area contributed by atoms with Crippen LogP contribution in [0.1, 0.15) is 31.9 Å². The minimum absolute atomic E-state index is 0.0705. The first-order valence-corrected chi connectivity index (χ1v) is 6.74. The van der Waals surface area contributed by atoms with E-state index >= 15 is 0 Å². The highest BCUT2D eigenvalue weighted by Crippen LogP contribution is 2.17. The van der Waals surface area contributed by atoms with Crippen molar-refractivity contribution in [3.05, 3.63) is 29.5 Å². The van der Waals surface area contributed by atoms with E-state index in [9.17, 15) is 9.59 Å². The molecule has 1 amide bonds. The van der Waals surface area contributed by atoms with E-state index in [2.05, 4.69) is 15.6 Å². The lowest BCUT2D eigenvalue weighted by Crippen LogP contribution is -2.25. The lowest BCUT2D eigenvalue weighted by atomic mass is 10.1. The van der Waals surface area contributed by atoms with Gasteiger partial charge < -0.3 is 15.4 Å². The Kier molecular flexibility index (Phi) is 4.26. The van der Waals surface area contributed by atoms with Crippen molar-refractivity contribution in [2.45, 2.75) is 32.9 Å². The van der Waals surface area contributed by atoms with Crippen molar-refractivity contribution in [2.75, 3.05) is 11.9 Å². The van der Waals surface area contributed by atoms with Crippen LogP contribution >= 0.6 is 0 Å². The molecule has 0 aliphatic carbocycles. The van der Waals surface area contributed by atoms with Crippen molar-refractivity contribution in [2.24, 2.45) is 0 Å². The van der Waals surface area contributed by atoms with Crippen molar-refractivity contribution in [1.82, 2.24) is 10.3 Å². The molecule has 0 fully saturated rings. The quantitative estimate of drug-likeness (QED) is 0.636. The molecule has 0 bridgehead atoms. The Balaban J connectivity index is 2.09. The van der Waals surface area contributed by atoms with Crippen LogP contribution in [0.3, 0.4) is 0 Å². The smallest absolute Gasteiger partial charge is 0.331 e. The van der Waals surface area contributed by atoms with E-state index < -0.39 is 11.6 Å². The summed E-state index contributed by atoms with van der Waals surface area (Å²) < 4.78 is 5.19. The maximum absolute atomic E-state index is 11.6. The van der Waals surface area contributed by atoms with Gasteiger partial charge in [-0.05, 0) is 38.5 Å². The summed E-state index contributed by atoms with van der Waals surface area (Å²) in [5.74, 6) is 0.213. The van der Waals surface area contributed by atoms with Crippen molar-refractivity contribution < 1.29 is 14.3 Å². The standard InChI is InChI=1S/C15H19N3O3/c1-15(2,3)21-13(20)5-4-10-6-11-8-16-12(19)9-18-14(11)17-7-10/h4-7H,8-9H2,1-3H3,(H,16,19)(H,17,18). The van der Waals surface area contributed by atoms with Crippen molar-refractivity contribution >= 4 is 23.8 Å². The highest BCUT2D eigenvalue weighted by molar-refractivity contribution is 5.87. The molecule has 0 radical (unpaired) electrons. The van der Waals surface area contributed by atoms with Crippen LogP contribution in [0.25, 0.3) is 6.08 Å². The molecule has 6 nitrogen and oxygen atoms in total. The number of nitrogens with one attached hydrogen (secondary N) is 2. The topological polar surface area (TPSA) is 80.3 Å². The SMILES string of the molecule is CC(C)(C)OC(=O)C=Cc1cnc2c(c1)CNC(=O)CN2. The van der Waals surface area contributed by atoms with E-state index in [1.807, 2.05) is 26.8 Å². The number of carbonyl (C=O) groups excluding carboxylic acids is 2. The molecule has 2 N–H and O–H groups in total. The van der Waals surface area contributed by atoms with Gasteiger partial charge in [-0.25, -0.2) is 9.78 Å². The Hall–Kier alpha value is -2.37. The predicted molar refractivity (Wildman–Crippen MR) is 79.5 cm³/mol. The zero-order valence-corrected chi connectivity index (χ0v) is 12.4. The second-order valence-electron chi connectivity index (χ2n) is 5.77. The van der Waals surface area contributed by atoms with Gasteiger partial charge in [0, 0.05) is 24.4 Å². The first-order valence-electron chi connectivity index (χ1n) is 6.74. The summed E-state index contributed by atoms with van der Waals surface area (Å²) in [4.78, 5) is 27.2. The van der Waals surface area contributed by atoms with Gasteiger partial charge in [0.25, 0.3) is 0 Å². The molecule has 1 aliphatic heterocycles. The van der Waals surface area contributed by atoms with E-state index in [0.29, 0.717) is 12.4 Å². The van der Waals surface area contributed by atoms with Gasteiger partial charge in [-0.15, -0.1) is 0 Å². The summed E-state index contributed by atoms with van der Waals surface area (Å²) >= 11 is 0. The number of anilines is 1. The molecule has 0 saturated heterocycles. The first-order chi connectivity index (χ1) is 9.83. The Morgan fingerprint density at radius 3 is 2.81 bits per heavy atom. The molecule has 0 spiro atoms. The van der Waals surface area contributed by atoms with Gasteiger partial charge in [0.05, 0.1) is 6.54 Å². The van der Waals surface area contributed by atoms with Gasteiger partial charge in [0.1, 0.15) is 11.4 Å². The Morgan fingerprint density at radius 2 is 2.10 bits per heavy atom. The minimum atomic E-state index is -0.512. The average molecular weight is 289 g/mol. The fourth-order valence-corrected chi connectivity index (χ4v) is 1.83. The van der Waals surface area contributed by atoms with Crippen molar-refractivity contribution in [3.63, 3.8) is 0 Å². The molecule has 2 heterocycles. The largest absolute Gasteiger partial charge is 0.457 e. The molecular weight excluding hydrogens is 270 g/mol. The third-order valence-electron chi connectivity index (χ3n) is 2.70. The number of amides is 1. The van der Waals surface area contributed by atoms with Crippen LogP contribution in [0, 0.1) is 0 Å². The molecule has 0 unspecified atom stereocenters. The predicted octanol–water partition coefficient (Wildman–Crippen LogP) is 1.48. The fourth-order valence-electron chi connectivity index (χ4n) is 1.83. The van der Waals surface area contributed by atoms with Crippen molar-refractivity contribution in [1.29, 1.82) is 0 Å². The van der Waals surface area contributed by atoms with E-state index in [1.54, 1.807) is 12.3 Å². The Bertz CT molecular complexity index is 588. The van der Waals surface area contributed by atoms with Crippen molar-refractivity contribution in [3.8, 4) is 0 Å². The highest BCUT2D eigenvalue weighted by Gasteiger charge is 2.14. The summed E-state index contributed by atoms with van der Waals surface area (Å²) in [5, 5.41) is 5.73. The normalized spacial score (nSPS) is 14.9. The van der Waals surface area contributed by atoms with Crippen LogP contribution in [0.5, 0.6) is 0 Å². The van der Waals surface area contributed by atoms with E-state index in [0.717, 1.165) is 11.1 Å². The maximum Gasteiger partial charge on any atom is 0.331 e. The number of rotatable bonds is 2. The molecule has 0 saturated carbocycles. The molecule has 2 rings (SSSR count). The number of fused-ring (bicyclic) bond motifs is 1. The number of nitrogens with zero attached hydrogens (tertiary/aromatic N) is 1. The molecule has 112 valence electrons. The van der Waals surface area contributed by atoms with E-state index in [1.165, 1.54) is 6.08 Å². The molecule has 1 aromatic rings. The van der Waals surface area contributed by atoms with Gasteiger partial charge in [-0.3, -0.25) is 4.79 Å². The van der Waals surface area contributed by atoms with Gasteiger partial charge >= 0.3 is 5.97 Å². The fraction of sp³-hybridized carbons (Fsp3) is 0.400. The van der Waals surface area contributed by atoms with Gasteiger partial charge in [0.15, 0.2) is 0 Å². The maximum atomic E-state index is 11.6. The second-order valence-corrected chi connectivity index (χ2v) is 5.77. The van der Waals surface area contributed by atoms with Gasteiger partial charge in [-0.1, -0.05) is 0 Å². The average Bonchev–Trinajstić information content (AvgIpc) is 2.57. The van der Waals surface area contributed by atoms with Crippen LogP contribution < -0.4 is 10.6 Å². The summed E-state index contributed by atoms with van der Waals surface area (Å²) in [7, 11) is 0. The van der Waals surface area contributed by atoms with Crippen LogP contribution in [0.2, 0.25) is 0 Å². The third kappa shape index (κ3) is 4.59. The van der Waals surface area contributed by atoms with Crippen LogP contribution in [-0.2, 0) is 20.9 Å². The van der Waals surface area contributed by atoms with Gasteiger partial charge in [0.2, 0.25) is 5.91 Å². The number of ether oxygens (including phenoxy) is 1. The molecule has 0 atom stereocenters. The third-order valence-corrected chi connectivity index (χ3v) is 2.70. The second kappa shape index (κ2) is 5.95. The van der Waals surface area contributed by atoms with Gasteiger partial charge in [-0.2, -0.15) is 0 Å². The Labute approximate surface area is 123 Å². The zero-order valence-electron chi connectivity index (χ0n) is 12.4. The molecule has 21 heavy (non-hydrogen) atoms. The number of carbonyl (C=O) groups is 2. The number of pyridine rings is 1. The number of esters is 1. The van der Waals surface area contributed by atoms with Crippen LogP contribution in [0.15, 0.2) is 18.3 Å². The first kappa shape index (κ1) is 15.0. The summed E-state index contributed by atoms with van der Waals surface area (Å²) in [6.07, 6.45) is 4.66. The number of hydrogen-bond acceptors (Lipinski definition) is 5. The zero-order chi connectivity index (χ0) is 15.5. The van der Waals surface area contributed by atoms with Crippen LogP contribution in [0.4, 0.5) is 5.82 Å². The van der Waals surface area contributed by atoms with Crippen LogP contribution in [-0.4, -0.2) is 29.0 Å². The molecular formula is C15H19N3O3. The number of hydrogen-bond donors (Lipinski definition) is 2. The molecule has 0 aromatic carbocycles. The molecule has 1 aromatic heterocycles. The Morgan fingerprint density at radius 1 is 1.33 bits per heavy atom. The number of aromatic nitrogens is 1. The summed E-state index contributed by atoms with van der Waals surface area (Å²) in [6.45, 7) is 6.08. The lowest BCUT2D eigenvalue weighted by Gasteiger charge is -2.17. The monoisotopic (exact) mass is 289 g/mol. The highest BCUT2D eigenvalue weighted by atomic mass is 16.6.